The van der Waals surface area contributed by atoms with E-state index in [1.165, 1.54) is 12.1 Å². The minimum absolute atomic E-state index is 0.0602. The Bertz CT molecular complexity index is 758. The van der Waals surface area contributed by atoms with E-state index < -0.39 is 11.7 Å². The molecular weight excluding hydrogens is 397 g/mol. The number of amides is 1. The predicted octanol–water partition coefficient (Wildman–Crippen LogP) is 3.29. The van der Waals surface area contributed by atoms with Gasteiger partial charge in [0, 0.05) is 0 Å². The van der Waals surface area contributed by atoms with Gasteiger partial charge in [0.05, 0.1) is 10.2 Å². The summed E-state index contributed by atoms with van der Waals surface area (Å²) in [6.07, 6.45) is 0. The van der Waals surface area contributed by atoms with Crippen LogP contribution in [-0.2, 0) is 4.79 Å². The van der Waals surface area contributed by atoms with E-state index in [4.69, 9.17) is 17.0 Å². The summed E-state index contributed by atoms with van der Waals surface area (Å²) in [4.78, 5) is 11.7. The van der Waals surface area contributed by atoms with E-state index in [1.807, 2.05) is 19.1 Å². The summed E-state index contributed by atoms with van der Waals surface area (Å²) < 4.78 is 19.6. The number of benzene rings is 2. The van der Waals surface area contributed by atoms with Crippen LogP contribution in [0.2, 0.25) is 0 Å². The number of thiocarbonyl (C=S) groups is 1. The maximum atomic E-state index is 13.5. The quantitative estimate of drug-likeness (QED) is 0.532. The van der Waals surface area contributed by atoms with Crippen LogP contribution >= 0.6 is 28.1 Å². The number of hydrogen-bond donors (Lipinski definition) is 3. The molecule has 0 aliphatic carbocycles. The molecule has 0 saturated carbocycles. The largest absolute Gasteiger partial charge is 0.483 e. The zero-order chi connectivity index (χ0) is 17.5. The van der Waals surface area contributed by atoms with Gasteiger partial charge in [-0.05, 0) is 64.9 Å². The van der Waals surface area contributed by atoms with Crippen LogP contribution in [0, 0.1) is 12.7 Å². The van der Waals surface area contributed by atoms with Crippen molar-refractivity contribution in [1.29, 1.82) is 0 Å². The number of para-hydroxylation sites is 1. The molecule has 0 atom stereocenters. The van der Waals surface area contributed by atoms with Gasteiger partial charge in [0.2, 0.25) is 0 Å². The van der Waals surface area contributed by atoms with E-state index in [-0.39, 0.29) is 17.4 Å². The number of hydrazine groups is 1. The highest BCUT2D eigenvalue weighted by molar-refractivity contribution is 9.10. The number of aryl methyl sites for hydroxylation is 1. The summed E-state index contributed by atoms with van der Waals surface area (Å²) in [6, 6.07) is 11.6. The van der Waals surface area contributed by atoms with Crippen LogP contribution in [0.15, 0.2) is 46.9 Å². The summed E-state index contributed by atoms with van der Waals surface area (Å²) in [5, 5.41) is 2.70. The van der Waals surface area contributed by atoms with Gasteiger partial charge in [0.25, 0.3) is 5.91 Å². The molecule has 0 aliphatic heterocycles. The zero-order valence-electron chi connectivity index (χ0n) is 12.7. The molecule has 126 valence electrons. The first-order valence-electron chi connectivity index (χ1n) is 6.95. The average Bonchev–Trinajstić information content (AvgIpc) is 2.54. The molecule has 0 aromatic heterocycles. The van der Waals surface area contributed by atoms with Gasteiger partial charge < -0.3 is 10.1 Å². The Hall–Kier alpha value is -2.19. The molecule has 3 N–H and O–H groups in total. The highest BCUT2D eigenvalue weighted by atomic mass is 79.9. The summed E-state index contributed by atoms with van der Waals surface area (Å²) in [5.74, 6) is -0.316. The molecule has 0 spiro atoms. The molecule has 2 rings (SSSR count). The van der Waals surface area contributed by atoms with Gasteiger partial charge in [0.15, 0.2) is 11.7 Å². The second kappa shape index (κ2) is 8.60. The van der Waals surface area contributed by atoms with Crippen LogP contribution in [0.1, 0.15) is 5.56 Å². The third kappa shape index (κ3) is 5.47. The van der Waals surface area contributed by atoms with E-state index >= 15 is 0 Å². The van der Waals surface area contributed by atoms with E-state index in [2.05, 4.69) is 32.1 Å². The number of carbonyl (C=O) groups is 1. The third-order valence-electron chi connectivity index (χ3n) is 2.88. The van der Waals surface area contributed by atoms with Crippen LogP contribution in [0.3, 0.4) is 0 Å². The lowest BCUT2D eigenvalue weighted by Gasteiger charge is -2.13. The number of rotatable bonds is 4. The van der Waals surface area contributed by atoms with Crippen molar-refractivity contribution in [3.8, 4) is 5.75 Å². The number of halogens is 2. The third-order valence-corrected chi connectivity index (χ3v) is 3.71. The molecule has 8 heteroatoms. The van der Waals surface area contributed by atoms with Crippen LogP contribution < -0.4 is 20.9 Å². The van der Waals surface area contributed by atoms with Crippen molar-refractivity contribution < 1.29 is 13.9 Å². The Morgan fingerprint density at radius 2 is 2.00 bits per heavy atom. The topological polar surface area (TPSA) is 62.4 Å². The standard InChI is InChI=1S/C16H15BrFN3O2S/c1-10-6-7-14(11(17)8-10)23-9-15(22)20-21-16(24)19-13-5-3-2-4-12(13)18/h2-8H,9H2,1H3,(H,20,22)(H2,19,21,24). The van der Waals surface area contributed by atoms with E-state index in [9.17, 15) is 9.18 Å². The molecule has 0 heterocycles. The van der Waals surface area contributed by atoms with Crippen LogP contribution in [0.25, 0.3) is 0 Å². The molecule has 0 saturated heterocycles. The first-order chi connectivity index (χ1) is 11.5. The number of anilines is 1. The van der Waals surface area contributed by atoms with Gasteiger partial charge in [-0.25, -0.2) is 4.39 Å². The SMILES string of the molecule is Cc1ccc(OCC(=O)NNC(=S)Nc2ccccc2F)c(Br)c1. The van der Waals surface area contributed by atoms with Gasteiger partial charge in [0.1, 0.15) is 11.6 Å². The maximum Gasteiger partial charge on any atom is 0.276 e. The second-order valence-electron chi connectivity index (χ2n) is 4.83. The van der Waals surface area contributed by atoms with Crippen molar-refractivity contribution in [3.63, 3.8) is 0 Å². The molecule has 24 heavy (non-hydrogen) atoms. The molecule has 2 aromatic rings. The average molecular weight is 412 g/mol. The normalized spacial score (nSPS) is 9.96. The van der Waals surface area contributed by atoms with Crippen molar-refractivity contribution in [2.24, 2.45) is 0 Å². The Balaban J connectivity index is 1.76. The minimum Gasteiger partial charge on any atom is -0.483 e. The zero-order valence-corrected chi connectivity index (χ0v) is 15.1. The molecule has 0 bridgehead atoms. The molecule has 0 fully saturated rings. The van der Waals surface area contributed by atoms with E-state index in [0.717, 1.165) is 10.0 Å². The lowest BCUT2D eigenvalue weighted by molar-refractivity contribution is -0.123. The van der Waals surface area contributed by atoms with Gasteiger partial charge in [-0.1, -0.05) is 18.2 Å². The summed E-state index contributed by atoms with van der Waals surface area (Å²) >= 11 is 8.34. The molecule has 5 nitrogen and oxygen atoms in total. The fourth-order valence-electron chi connectivity index (χ4n) is 1.74. The summed E-state index contributed by atoms with van der Waals surface area (Å²) in [5.41, 5.74) is 6.13. The van der Waals surface area contributed by atoms with Crippen molar-refractivity contribution in [2.45, 2.75) is 6.92 Å². The lowest BCUT2D eigenvalue weighted by Crippen LogP contribution is -2.45. The molecular formula is C16H15BrFN3O2S. The van der Waals surface area contributed by atoms with E-state index in [1.54, 1.807) is 18.2 Å². The smallest absolute Gasteiger partial charge is 0.276 e. The van der Waals surface area contributed by atoms with Crippen LogP contribution in [-0.4, -0.2) is 17.6 Å². The molecule has 0 radical (unpaired) electrons. The van der Waals surface area contributed by atoms with E-state index in [0.29, 0.717) is 5.75 Å². The van der Waals surface area contributed by atoms with Gasteiger partial charge in [-0.3, -0.25) is 15.6 Å². The first kappa shape index (κ1) is 18.2. The predicted molar refractivity (Wildman–Crippen MR) is 98.3 cm³/mol. The van der Waals surface area contributed by atoms with Crippen LogP contribution in [0.5, 0.6) is 5.75 Å². The fraction of sp³-hybridized carbons (Fsp3) is 0.125. The summed E-state index contributed by atoms with van der Waals surface area (Å²) in [6.45, 7) is 1.76. The maximum absolute atomic E-state index is 13.5. The van der Waals surface area contributed by atoms with Gasteiger partial charge in [-0.2, -0.15) is 0 Å². The highest BCUT2D eigenvalue weighted by Gasteiger charge is 2.07. The lowest BCUT2D eigenvalue weighted by atomic mass is 10.2. The fourth-order valence-corrected chi connectivity index (χ4v) is 2.51. The van der Waals surface area contributed by atoms with Crippen molar-refractivity contribution in [3.05, 3.63) is 58.3 Å². The molecule has 0 unspecified atom stereocenters. The Labute approximate surface area is 152 Å². The Morgan fingerprint density at radius 3 is 2.71 bits per heavy atom. The number of hydrogen-bond acceptors (Lipinski definition) is 3. The molecule has 2 aromatic carbocycles. The Kier molecular flexibility index (Phi) is 6.51. The number of carbonyl (C=O) groups excluding carboxylic acids is 1. The second-order valence-corrected chi connectivity index (χ2v) is 6.09. The monoisotopic (exact) mass is 411 g/mol. The Morgan fingerprint density at radius 1 is 1.25 bits per heavy atom. The first-order valence-corrected chi connectivity index (χ1v) is 8.15. The number of nitrogens with one attached hydrogen (secondary N) is 3. The van der Waals surface area contributed by atoms with Gasteiger partial charge in [-0.15, -0.1) is 0 Å². The van der Waals surface area contributed by atoms with Gasteiger partial charge >= 0.3 is 0 Å². The van der Waals surface area contributed by atoms with Crippen molar-refractivity contribution >= 4 is 44.9 Å². The summed E-state index contributed by atoms with van der Waals surface area (Å²) in [7, 11) is 0. The molecule has 1 amide bonds. The van der Waals surface area contributed by atoms with Crippen LogP contribution in [0.4, 0.5) is 10.1 Å². The van der Waals surface area contributed by atoms with Crippen molar-refractivity contribution in [1.82, 2.24) is 10.9 Å². The van der Waals surface area contributed by atoms with Crippen molar-refractivity contribution in [2.75, 3.05) is 11.9 Å². The minimum atomic E-state index is -0.444. The molecule has 0 aliphatic rings. The number of ether oxygens (including phenoxy) is 1. The highest BCUT2D eigenvalue weighted by Crippen LogP contribution is 2.25.